The van der Waals surface area contributed by atoms with Crippen LogP contribution in [0.15, 0.2) is 83.9 Å². The van der Waals surface area contributed by atoms with E-state index in [0.29, 0.717) is 0 Å². The van der Waals surface area contributed by atoms with Crippen LogP contribution in [0.5, 0.6) is 0 Å². The number of hydrogen-bond acceptors (Lipinski definition) is 3. The van der Waals surface area contributed by atoms with Crippen molar-refractivity contribution in [3.05, 3.63) is 101 Å². The fraction of sp³-hybridized carbons (Fsp3) is 0.192. The molecule has 0 fully saturated rings. The number of aliphatic imine (C=N–C) groups is 1. The summed E-state index contributed by atoms with van der Waals surface area (Å²) in [6.07, 6.45) is -4.44. The van der Waals surface area contributed by atoms with Crippen molar-refractivity contribution in [2.24, 2.45) is 10.7 Å². The lowest BCUT2D eigenvalue weighted by Crippen LogP contribution is -2.27. The molecule has 0 bridgehead atoms. The van der Waals surface area contributed by atoms with Gasteiger partial charge in [0.25, 0.3) is 0 Å². The molecule has 0 unspecified atom stereocenters. The molecule has 3 aromatic rings. The maximum absolute atomic E-state index is 12.5. The molecule has 1 aliphatic heterocycles. The summed E-state index contributed by atoms with van der Waals surface area (Å²) in [7, 11) is 1.80. The number of carbonyl (C=O) groups excluding carboxylic acids is 2. The Morgan fingerprint density at radius 3 is 2.26 bits per heavy atom. The van der Waals surface area contributed by atoms with Gasteiger partial charge in [-0.25, -0.2) is 0 Å². The van der Waals surface area contributed by atoms with Crippen LogP contribution in [0, 0.1) is 0 Å². The molecule has 2 amide bonds. The van der Waals surface area contributed by atoms with Crippen LogP contribution in [0.25, 0.3) is 0 Å². The van der Waals surface area contributed by atoms with Gasteiger partial charge in [0, 0.05) is 24.6 Å². The molecular weight excluding hydrogens is 443 g/mol. The number of rotatable bonds is 4. The highest BCUT2D eigenvalue weighted by molar-refractivity contribution is 6.19. The van der Waals surface area contributed by atoms with Crippen molar-refractivity contribution < 1.29 is 22.8 Å². The number of hydrogen-bond donors (Lipinski definition) is 1. The lowest BCUT2D eigenvalue weighted by molar-refractivity contribution is -0.138. The minimum atomic E-state index is -4.38. The van der Waals surface area contributed by atoms with Crippen LogP contribution < -0.4 is 10.6 Å². The SMILES string of the molecule is CN1C(=O)CN=C(c2ccccc2)c2ccccc21.NC(=O)CCc1ccccc1C(F)(F)F. The van der Waals surface area contributed by atoms with Crippen LogP contribution in [0.1, 0.15) is 28.7 Å². The van der Waals surface area contributed by atoms with Gasteiger partial charge in [0.05, 0.1) is 17.0 Å². The average Bonchev–Trinajstić information content (AvgIpc) is 2.95. The molecule has 2 N–H and O–H groups in total. The van der Waals surface area contributed by atoms with Crippen molar-refractivity contribution in [2.45, 2.75) is 19.0 Å². The number of para-hydroxylation sites is 1. The van der Waals surface area contributed by atoms with Crippen LogP contribution in [-0.2, 0) is 22.2 Å². The van der Waals surface area contributed by atoms with Gasteiger partial charge in [0.15, 0.2) is 0 Å². The number of carbonyl (C=O) groups is 2. The van der Waals surface area contributed by atoms with Crippen LogP contribution in [-0.4, -0.2) is 31.1 Å². The van der Waals surface area contributed by atoms with Gasteiger partial charge in [-0.05, 0) is 24.1 Å². The van der Waals surface area contributed by atoms with Crippen molar-refractivity contribution in [2.75, 3.05) is 18.5 Å². The van der Waals surface area contributed by atoms with Gasteiger partial charge < -0.3 is 10.6 Å². The monoisotopic (exact) mass is 467 g/mol. The van der Waals surface area contributed by atoms with E-state index in [-0.39, 0.29) is 30.9 Å². The van der Waals surface area contributed by atoms with E-state index in [0.717, 1.165) is 28.6 Å². The first kappa shape index (κ1) is 24.7. The second-order valence-electron chi connectivity index (χ2n) is 7.62. The first-order chi connectivity index (χ1) is 16.2. The molecule has 1 heterocycles. The quantitative estimate of drug-likeness (QED) is 0.608. The largest absolute Gasteiger partial charge is 0.416 e. The number of benzodiazepines with no additional fused rings is 1. The molecule has 0 saturated heterocycles. The number of halogens is 3. The number of anilines is 1. The molecule has 0 atom stereocenters. The molecule has 1 aliphatic rings. The molecule has 0 aromatic heterocycles. The van der Waals surface area contributed by atoms with Crippen LogP contribution >= 0.6 is 0 Å². The van der Waals surface area contributed by atoms with Gasteiger partial charge in [-0.2, -0.15) is 13.2 Å². The van der Waals surface area contributed by atoms with Crippen LogP contribution in [0.2, 0.25) is 0 Å². The summed E-state index contributed by atoms with van der Waals surface area (Å²) >= 11 is 0. The van der Waals surface area contributed by atoms with E-state index in [2.05, 4.69) is 4.99 Å². The highest BCUT2D eigenvalue weighted by Crippen LogP contribution is 2.32. The van der Waals surface area contributed by atoms with E-state index >= 15 is 0 Å². The summed E-state index contributed by atoms with van der Waals surface area (Å²) in [5.41, 5.74) is 8.11. The molecule has 0 radical (unpaired) electrons. The molecule has 0 saturated carbocycles. The van der Waals surface area contributed by atoms with Crippen molar-refractivity contribution in [3.63, 3.8) is 0 Å². The Kier molecular flexibility index (Phi) is 7.83. The normalized spacial score (nSPS) is 13.2. The second kappa shape index (κ2) is 10.8. The number of fused-ring (bicyclic) bond motifs is 1. The minimum Gasteiger partial charge on any atom is -0.370 e. The Labute approximate surface area is 195 Å². The number of alkyl halides is 3. The van der Waals surface area contributed by atoms with Crippen LogP contribution in [0.4, 0.5) is 18.9 Å². The highest BCUT2D eigenvalue weighted by atomic mass is 19.4. The third-order valence-corrected chi connectivity index (χ3v) is 5.28. The summed E-state index contributed by atoms with van der Waals surface area (Å²) in [4.78, 5) is 28.6. The maximum atomic E-state index is 12.5. The Morgan fingerprint density at radius 1 is 0.971 bits per heavy atom. The van der Waals surface area contributed by atoms with Gasteiger partial charge in [-0.3, -0.25) is 14.6 Å². The molecule has 4 rings (SSSR count). The number of nitrogens with two attached hydrogens (primary N) is 1. The average molecular weight is 467 g/mol. The van der Waals surface area contributed by atoms with Gasteiger partial charge >= 0.3 is 6.18 Å². The van der Waals surface area contributed by atoms with E-state index in [1.54, 1.807) is 11.9 Å². The van der Waals surface area contributed by atoms with Gasteiger partial charge in [-0.15, -0.1) is 0 Å². The van der Waals surface area contributed by atoms with E-state index < -0.39 is 17.6 Å². The summed E-state index contributed by atoms with van der Waals surface area (Å²) in [6.45, 7) is 0.190. The number of amides is 2. The Morgan fingerprint density at radius 2 is 1.59 bits per heavy atom. The number of nitrogens with zero attached hydrogens (tertiary/aromatic N) is 2. The molecule has 176 valence electrons. The predicted octanol–water partition coefficient (Wildman–Crippen LogP) is 4.62. The summed E-state index contributed by atoms with van der Waals surface area (Å²) in [5, 5.41) is 0. The molecule has 5 nitrogen and oxygen atoms in total. The molecule has 34 heavy (non-hydrogen) atoms. The topological polar surface area (TPSA) is 75.8 Å². The van der Waals surface area contributed by atoms with Crippen LogP contribution in [0.3, 0.4) is 0 Å². The van der Waals surface area contributed by atoms with Gasteiger partial charge in [0.1, 0.15) is 6.54 Å². The fourth-order valence-corrected chi connectivity index (χ4v) is 3.55. The first-order valence-electron chi connectivity index (χ1n) is 10.6. The first-order valence-corrected chi connectivity index (χ1v) is 10.6. The highest BCUT2D eigenvalue weighted by Gasteiger charge is 2.32. The van der Waals surface area contributed by atoms with Crippen molar-refractivity contribution in [1.29, 1.82) is 0 Å². The Bertz CT molecular complexity index is 1190. The van der Waals surface area contributed by atoms with Gasteiger partial charge in [0.2, 0.25) is 11.8 Å². The molecule has 8 heteroatoms. The maximum Gasteiger partial charge on any atom is 0.416 e. The lowest BCUT2D eigenvalue weighted by atomic mass is 10.0. The fourth-order valence-electron chi connectivity index (χ4n) is 3.55. The number of aryl methyl sites for hydroxylation is 1. The zero-order valence-corrected chi connectivity index (χ0v) is 18.5. The van der Waals surface area contributed by atoms with E-state index in [9.17, 15) is 22.8 Å². The van der Waals surface area contributed by atoms with E-state index in [1.807, 2.05) is 54.6 Å². The number of likely N-dealkylation sites (N-methyl/N-ethyl adjacent to an activating group) is 1. The zero-order chi connectivity index (χ0) is 24.7. The molecule has 3 aromatic carbocycles. The minimum absolute atomic E-state index is 0.0124. The second-order valence-corrected chi connectivity index (χ2v) is 7.62. The van der Waals surface area contributed by atoms with Crippen molar-refractivity contribution >= 4 is 23.2 Å². The number of primary amides is 1. The third kappa shape index (κ3) is 6.10. The number of benzene rings is 3. The standard InChI is InChI=1S/C16H14N2O.C10H10F3NO/c1-18-14-10-6-5-9-13(14)16(17-11-15(18)19)12-7-3-2-4-8-12;11-10(12,13)8-4-2-1-3-7(8)5-6-9(14)15/h2-10H,11H2,1H3;1-4H,5-6H2,(H2,14,15). The smallest absolute Gasteiger partial charge is 0.370 e. The summed E-state index contributed by atoms with van der Waals surface area (Å²) < 4.78 is 37.4. The zero-order valence-electron chi connectivity index (χ0n) is 18.5. The van der Waals surface area contributed by atoms with Crippen molar-refractivity contribution in [3.8, 4) is 0 Å². The Hall–Kier alpha value is -3.94. The Balaban J connectivity index is 0.000000197. The van der Waals surface area contributed by atoms with E-state index in [1.165, 1.54) is 18.2 Å². The van der Waals surface area contributed by atoms with Crippen molar-refractivity contribution in [1.82, 2.24) is 0 Å². The molecule has 0 aliphatic carbocycles. The van der Waals surface area contributed by atoms with Gasteiger partial charge in [-0.1, -0.05) is 66.7 Å². The summed E-state index contributed by atoms with van der Waals surface area (Å²) in [5.74, 6) is -0.592. The third-order valence-electron chi connectivity index (χ3n) is 5.28. The molecule has 0 spiro atoms. The van der Waals surface area contributed by atoms with E-state index in [4.69, 9.17) is 5.73 Å². The lowest BCUT2D eigenvalue weighted by Gasteiger charge is -2.17. The predicted molar refractivity (Wildman–Crippen MR) is 126 cm³/mol. The summed E-state index contributed by atoms with van der Waals surface area (Å²) in [6, 6.07) is 23.0. The molecular formula is C26H24F3N3O2.